The fourth-order valence-electron chi connectivity index (χ4n) is 1.68. The molecule has 90 valence electrons. The lowest BCUT2D eigenvalue weighted by Crippen LogP contribution is -2.29. The second-order valence-corrected chi connectivity index (χ2v) is 3.72. The minimum atomic E-state index is -0.642. The third-order valence-electron chi connectivity index (χ3n) is 2.41. The van der Waals surface area contributed by atoms with Gasteiger partial charge in [-0.2, -0.15) is 5.10 Å². The Kier molecular flexibility index (Phi) is 3.16. The largest absolute Gasteiger partial charge is 0.275 e. The van der Waals surface area contributed by atoms with Crippen molar-refractivity contribution in [3.8, 4) is 0 Å². The van der Waals surface area contributed by atoms with Gasteiger partial charge in [0.15, 0.2) is 0 Å². The number of rotatable bonds is 3. The quantitative estimate of drug-likeness (QED) is 0.625. The Balaban J connectivity index is 2.41. The summed E-state index contributed by atoms with van der Waals surface area (Å²) >= 11 is 0. The van der Waals surface area contributed by atoms with Crippen LogP contribution in [0.5, 0.6) is 0 Å². The molecule has 0 spiro atoms. The molecule has 1 aromatic heterocycles. The third kappa shape index (κ3) is 2.48. The minimum absolute atomic E-state index is 0.392. The van der Waals surface area contributed by atoms with E-state index in [-0.39, 0.29) is 0 Å². The molecule has 4 nitrogen and oxygen atoms in total. The molecule has 1 aromatic carbocycles. The SMILES string of the molecule is Cn1ccc(C(NN)c2cc(F)cc(F)c2)n1. The van der Waals surface area contributed by atoms with Crippen LogP contribution in [-0.4, -0.2) is 9.78 Å². The zero-order valence-corrected chi connectivity index (χ0v) is 9.19. The molecule has 0 aliphatic rings. The van der Waals surface area contributed by atoms with Gasteiger partial charge in [0.25, 0.3) is 0 Å². The smallest absolute Gasteiger partial charge is 0.126 e. The molecule has 2 rings (SSSR count). The highest BCUT2D eigenvalue weighted by molar-refractivity contribution is 5.28. The lowest BCUT2D eigenvalue weighted by Gasteiger charge is -2.14. The van der Waals surface area contributed by atoms with Gasteiger partial charge in [0, 0.05) is 19.3 Å². The average molecular weight is 238 g/mol. The van der Waals surface area contributed by atoms with Gasteiger partial charge in [0.2, 0.25) is 0 Å². The maximum Gasteiger partial charge on any atom is 0.126 e. The van der Waals surface area contributed by atoms with Crippen LogP contribution in [0, 0.1) is 11.6 Å². The Hall–Kier alpha value is -1.79. The Bertz CT molecular complexity index is 504. The molecule has 2 aromatic rings. The fraction of sp³-hybridized carbons (Fsp3) is 0.182. The number of hydrogen-bond donors (Lipinski definition) is 2. The molecule has 1 heterocycles. The number of nitrogens with zero attached hydrogens (tertiary/aromatic N) is 2. The highest BCUT2D eigenvalue weighted by Gasteiger charge is 2.16. The molecular formula is C11H12F2N4. The van der Waals surface area contributed by atoms with Crippen LogP contribution < -0.4 is 11.3 Å². The van der Waals surface area contributed by atoms with E-state index >= 15 is 0 Å². The number of benzene rings is 1. The first-order chi connectivity index (χ1) is 8.10. The zero-order chi connectivity index (χ0) is 12.4. The number of aromatic nitrogens is 2. The van der Waals surface area contributed by atoms with Gasteiger partial charge in [0.05, 0.1) is 11.7 Å². The fourth-order valence-corrected chi connectivity index (χ4v) is 1.68. The van der Waals surface area contributed by atoms with Crippen molar-refractivity contribution >= 4 is 0 Å². The molecule has 0 saturated heterocycles. The van der Waals surface area contributed by atoms with Crippen LogP contribution in [0.2, 0.25) is 0 Å². The maximum absolute atomic E-state index is 13.1. The van der Waals surface area contributed by atoms with E-state index in [0.717, 1.165) is 6.07 Å². The summed E-state index contributed by atoms with van der Waals surface area (Å²) in [6, 6.07) is 4.45. The number of nitrogens with two attached hydrogens (primary N) is 1. The minimum Gasteiger partial charge on any atom is -0.275 e. The Morgan fingerprint density at radius 3 is 2.41 bits per heavy atom. The van der Waals surface area contributed by atoms with Crippen molar-refractivity contribution in [3.05, 3.63) is 53.4 Å². The van der Waals surface area contributed by atoms with Gasteiger partial charge in [-0.3, -0.25) is 10.5 Å². The lowest BCUT2D eigenvalue weighted by atomic mass is 10.0. The normalized spacial score (nSPS) is 12.7. The van der Waals surface area contributed by atoms with Crippen molar-refractivity contribution in [3.63, 3.8) is 0 Å². The lowest BCUT2D eigenvalue weighted by molar-refractivity contribution is 0.559. The first-order valence-corrected chi connectivity index (χ1v) is 5.02. The summed E-state index contributed by atoms with van der Waals surface area (Å²) in [5, 5.41) is 4.15. The predicted octanol–water partition coefficient (Wildman–Crippen LogP) is 1.25. The van der Waals surface area contributed by atoms with Gasteiger partial charge in [-0.1, -0.05) is 0 Å². The van der Waals surface area contributed by atoms with Gasteiger partial charge in [0.1, 0.15) is 11.6 Å². The standard InChI is InChI=1S/C11H12F2N4/c1-17-3-2-10(16-17)11(15-14)7-4-8(12)6-9(13)5-7/h2-6,11,15H,14H2,1H3. The molecule has 1 atom stereocenters. The third-order valence-corrected chi connectivity index (χ3v) is 2.41. The molecule has 0 aliphatic carbocycles. The molecule has 0 aliphatic heterocycles. The van der Waals surface area contributed by atoms with Gasteiger partial charge in [-0.05, 0) is 23.8 Å². The number of hydrazine groups is 1. The van der Waals surface area contributed by atoms with E-state index in [0.29, 0.717) is 11.3 Å². The van der Waals surface area contributed by atoms with Gasteiger partial charge >= 0.3 is 0 Å². The van der Waals surface area contributed by atoms with Crippen molar-refractivity contribution in [1.29, 1.82) is 0 Å². The monoisotopic (exact) mass is 238 g/mol. The summed E-state index contributed by atoms with van der Waals surface area (Å²) in [6.45, 7) is 0. The van der Waals surface area contributed by atoms with Crippen LogP contribution >= 0.6 is 0 Å². The number of hydrogen-bond acceptors (Lipinski definition) is 3. The summed E-state index contributed by atoms with van der Waals surface area (Å²) in [5.74, 6) is 4.12. The Labute approximate surface area is 97.0 Å². The van der Waals surface area contributed by atoms with Gasteiger partial charge in [-0.15, -0.1) is 0 Å². The van der Waals surface area contributed by atoms with Crippen LogP contribution in [0.25, 0.3) is 0 Å². The Morgan fingerprint density at radius 2 is 1.94 bits per heavy atom. The van der Waals surface area contributed by atoms with E-state index in [9.17, 15) is 8.78 Å². The molecule has 0 saturated carbocycles. The molecule has 0 bridgehead atoms. The molecule has 3 N–H and O–H groups in total. The van der Waals surface area contributed by atoms with Crippen molar-refractivity contribution in [1.82, 2.24) is 15.2 Å². The topological polar surface area (TPSA) is 55.9 Å². The van der Waals surface area contributed by atoms with Crippen molar-refractivity contribution in [2.24, 2.45) is 12.9 Å². The predicted molar refractivity (Wildman–Crippen MR) is 58.7 cm³/mol. The summed E-state index contributed by atoms with van der Waals surface area (Å²) in [5.41, 5.74) is 3.48. The maximum atomic E-state index is 13.1. The highest BCUT2D eigenvalue weighted by Crippen LogP contribution is 2.21. The van der Waals surface area contributed by atoms with Crippen LogP contribution in [0.4, 0.5) is 8.78 Å². The number of nitrogens with one attached hydrogen (secondary N) is 1. The molecule has 0 fully saturated rings. The molecule has 0 radical (unpaired) electrons. The van der Waals surface area contributed by atoms with E-state index in [1.54, 1.807) is 24.0 Å². The van der Waals surface area contributed by atoms with Gasteiger partial charge in [-0.25, -0.2) is 14.2 Å². The Morgan fingerprint density at radius 1 is 1.29 bits per heavy atom. The van der Waals surface area contributed by atoms with Crippen LogP contribution in [0.15, 0.2) is 30.5 Å². The summed E-state index contributed by atoms with van der Waals surface area (Å²) in [4.78, 5) is 0. The molecule has 6 heteroatoms. The molecule has 1 unspecified atom stereocenters. The number of halogens is 2. The van der Waals surface area contributed by atoms with Crippen molar-refractivity contribution < 1.29 is 8.78 Å². The molecule has 17 heavy (non-hydrogen) atoms. The zero-order valence-electron chi connectivity index (χ0n) is 9.19. The van der Waals surface area contributed by atoms with Crippen LogP contribution in [-0.2, 0) is 7.05 Å². The van der Waals surface area contributed by atoms with Crippen molar-refractivity contribution in [2.45, 2.75) is 6.04 Å². The van der Waals surface area contributed by atoms with Crippen LogP contribution in [0.3, 0.4) is 0 Å². The second kappa shape index (κ2) is 4.60. The highest BCUT2D eigenvalue weighted by atomic mass is 19.1. The van der Waals surface area contributed by atoms with Crippen molar-refractivity contribution in [2.75, 3.05) is 0 Å². The molecule has 0 amide bonds. The van der Waals surface area contributed by atoms with E-state index in [4.69, 9.17) is 5.84 Å². The van der Waals surface area contributed by atoms with E-state index in [2.05, 4.69) is 10.5 Å². The first-order valence-electron chi connectivity index (χ1n) is 5.02. The summed E-state index contributed by atoms with van der Waals surface area (Å²) in [6.07, 6.45) is 1.73. The average Bonchev–Trinajstić information content (AvgIpc) is 2.64. The van der Waals surface area contributed by atoms with Gasteiger partial charge < -0.3 is 0 Å². The first kappa shape index (κ1) is 11.7. The second-order valence-electron chi connectivity index (χ2n) is 3.72. The van der Waals surface area contributed by atoms with E-state index < -0.39 is 17.7 Å². The van der Waals surface area contributed by atoms with E-state index in [1.165, 1.54) is 12.1 Å². The van der Waals surface area contributed by atoms with E-state index in [1.807, 2.05) is 0 Å². The van der Waals surface area contributed by atoms with Crippen LogP contribution in [0.1, 0.15) is 17.3 Å². The summed E-state index contributed by atoms with van der Waals surface area (Å²) in [7, 11) is 1.75. The molecular weight excluding hydrogens is 226 g/mol. The number of aryl methyl sites for hydroxylation is 1. The summed E-state index contributed by atoms with van der Waals surface area (Å²) < 4.78 is 27.8.